The van der Waals surface area contributed by atoms with Crippen molar-refractivity contribution < 1.29 is 9.90 Å². The van der Waals surface area contributed by atoms with Gasteiger partial charge in [-0.1, -0.05) is 18.2 Å². The van der Waals surface area contributed by atoms with Crippen LogP contribution in [0, 0.1) is 0 Å². The van der Waals surface area contributed by atoms with Gasteiger partial charge in [0.25, 0.3) is 0 Å². The molecule has 0 aliphatic rings. The topological polar surface area (TPSA) is 73.7 Å². The molecule has 0 aliphatic heterocycles. The first-order valence-corrected chi connectivity index (χ1v) is 5.68. The molecule has 0 atom stereocenters. The molecule has 0 aliphatic carbocycles. The van der Waals surface area contributed by atoms with Crippen molar-refractivity contribution in [2.24, 2.45) is 5.10 Å². The molecule has 0 radical (unpaired) electrons. The van der Waals surface area contributed by atoms with Gasteiger partial charge in [-0.15, -0.1) is 0 Å². The molecule has 2 aromatic carbocycles. The second-order valence-electron chi connectivity index (χ2n) is 3.78. The summed E-state index contributed by atoms with van der Waals surface area (Å²) in [7, 11) is 0. The smallest absolute Gasteiger partial charge is 0.339 e. The van der Waals surface area contributed by atoms with E-state index in [0.717, 1.165) is 5.56 Å². The summed E-state index contributed by atoms with van der Waals surface area (Å²) in [4.78, 5) is 11.5. The summed E-state index contributed by atoms with van der Waals surface area (Å²) in [5.41, 5.74) is 3.82. The van der Waals surface area contributed by atoms with E-state index in [2.05, 4.69) is 15.8 Å². The van der Waals surface area contributed by atoms with E-state index in [-0.39, 0.29) is 5.75 Å². The molecule has 19 heavy (non-hydrogen) atoms. The molecule has 0 saturated heterocycles. The number of carbonyl (C=O) groups excluding carboxylic acids is 1. The zero-order valence-electron chi connectivity index (χ0n) is 10.1. The van der Waals surface area contributed by atoms with E-state index in [0.29, 0.717) is 5.69 Å². The van der Waals surface area contributed by atoms with Crippen LogP contribution in [0.4, 0.5) is 10.5 Å². The fourth-order valence-electron chi connectivity index (χ4n) is 1.41. The van der Waals surface area contributed by atoms with Crippen molar-refractivity contribution >= 4 is 17.9 Å². The van der Waals surface area contributed by atoms with Crippen molar-refractivity contribution in [3.63, 3.8) is 0 Å². The quantitative estimate of drug-likeness (QED) is 0.582. The summed E-state index contributed by atoms with van der Waals surface area (Å²) < 4.78 is 0. The van der Waals surface area contributed by atoms with Gasteiger partial charge in [0, 0.05) is 5.69 Å². The maximum Gasteiger partial charge on any atom is 0.339 e. The third kappa shape index (κ3) is 4.16. The number of hydrazone groups is 1. The number of benzene rings is 2. The summed E-state index contributed by atoms with van der Waals surface area (Å²) in [6.07, 6.45) is 1.49. The van der Waals surface area contributed by atoms with Gasteiger partial charge < -0.3 is 10.4 Å². The standard InChI is InChI=1S/C14H13N3O2/c18-13-8-6-11(7-9-13)10-15-17-14(19)16-12-4-2-1-3-5-12/h1-10,18H,(H2,16,17,19)/b15-10+. The molecule has 5 nitrogen and oxygen atoms in total. The number of rotatable bonds is 3. The third-order valence-corrected chi connectivity index (χ3v) is 2.30. The van der Waals surface area contributed by atoms with Crippen molar-refractivity contribution in [1.82, 2.24) is 5.43 Å². The van der Waals surface area contributed by atoms with E-state index < -0.39 is 6.03 Å². The zero-order chi connectivity index (χ0) is 13.5. The Morgan fingerprint density at radius 1 is 1.05 bits per heavy atom. The number of phenols is 1. The van der Waals surface area contributed by atoms with Crippen LogP contribution in [0.25, 0.3) is 0 Å². The average Bonchev–Trinajstić information content (AvgIpc) is 2.42. The number of nitrogens with one attached hydrogen (secondary N) is 2. The first kappa shape index (κ1) is 12.6. The van der Waals surface area contributed by atoms with Crippen LogP contribution < -0.4 is 10.7 Å². The minimum Gasteiger partial charge on any atom is -0.508 e. The van der Waals surface area contributed by atoms with Gasteiger partial charge in [0.15, 0.2) is 0 Å². The molecule has 0 saturated carbocycles. The fraction of sp³-hybridized carbons (Fsp3) is 0. The van der Waals surface area contributed by atoms with Crippen molar-refractivity contribution in [1.29, 1.82) is 0 Å². The van der Waals surface area contributed by atoms with Crippen LogP contribution in [0.5, 0.6) is 5.75 Å². The number of para-hydroxylation sites is 1. The second-order valence-corrected chi connectivity index (χ2v) is 3.78. The lowest BCUT2D eigenvalue weighted by Crippen LogP contribution is -2.24. The highest BCUT2D eigenvalue weighted by atomic mass is 16.3. The lowest BCUT2D eigenvalue weighted by molar-refractivity contribution is 0.252. The molecule has 0 spiro atoms. The highest BCUT2D eigenvalue weighted by Crippen LogP contribution is 2.07. The lowest BCUT2D eigenvalue weighted by atomic mass is 10.2. The average molecular weight is 255 g/mol. The Morgan fingerprint density at radius 3 is 2.42 bits per heavy atom. The molecular weight excluding hydrogens is 242 g/mol. The Morgan fingerprint density at radius 2 is 1.74 bits per heavy atom. The zero-order valence-corrected chi connectivity index (χ0v) is 10.1. The predicted octanol–water partition coefficient (Wildman–Crippen LogP) is 2.55. The molecule has 96 valence electrons. The van der Waals surface area contributed by atoms with Gasteiger partial charge in [-0.05, 0) is 42.0 Å². The second kappa shape index (κ2) is 6.20. The third-order valence-electron chi connectivity index (χ3n) is 2.30. The number of urea groups is 1. The lowest BCUT2D eigenvalue weighted by Gasteiger charge is -2.03. The minimum absolute atomic E-state index is 0.187. The molecular formula is C14H13N3O2. The largest absolute Gasteiger partial charge is 0.508 e. The molecule has 3 N–H and O–H groups in total. The van der Waals surface area contributed by atoms with Gasteiger partial charge in [0.1, 0.15) is 5.75 Å². The Hall–Kier alpha value is -2.82. The Balaban J connectivity index is 1.85. The first-order chi connectivity index (χ1) is 9.24. The van der Waals surface area contributed by atoms with E-state index in [1.54, 1.807) is 36.4 Å². The number of carbonyl (C=O) groups is 1. The number of amides is 2. The Bertz CT molecular complexity index is 565. The number of anilines is 1. The molecule has 2 aromatic rings. The van der Waals surface area contributed by atoms with Crippen molar-refractivity contribution in [2.75, 3.05) is 5.32 Å². The minimum atomic E-state index is -0.416. The highest BCUT2D eigenvalue weighted by Gasteiger charge is 1.97. The van der Waals surface area contributed by atoms with Crippen molar-refractivity contribution in [3.05, 3.63) is 60.2 Å². The summed E-state index contributed by atoms with van der Waals surface area (Å²) >= 11 is 0. The predicted molar refractivity (Wildman–Crippen MR) is 74.3 cm³/mol. The highest BCUT2D eigenvalue weighted by molar-refractivity contribution is 5.90. The molecule has 0 heterocycles. The maximum absolute atomic E-state index is 11.5. The monoisotopic (exact) mass is 255 g/mol. The van der Waals surface area contributed by atoms with Crippen LogP contribution in [-0.4, -0.2) is 17.4 Å². The fourth-order valence-corrected chi connectivity index (χ4v) is 1.41. The number of hydrogen-bond donors (Lipinski definition) is 3. The molecule has 0 aromatic heterocycles. The van der Waals surface area contributed by atoms with Crippen molar-refractivity contribution in [2.45, 2.75) is 0 Å². The van der Waals surface area contributed by atoms with E-state index in [9.17, 15) is 4.79 Å². The summed E-state index contributed by atoms with van der Waals surface area (Å²) in [6.45, 7) is 0. The molecule has 2 amide bonds. The number of hydrogen-bond acceptors (Lipinski definition) is 3. The van der Waals surface area contributed by atoms with Crippen LogP contribution in [-0.2, 0) is 0 Å². The van der Waals surface area contributed by atoms with Gasteiger partial charge in [0.2, 0.25) is 0 Å². The SMILES string of the molecule is O=C(N/N=C/c1ccc(O)cc1)Nc1ccccc1. The van der Waals surface area contributed by atoms with Crippen LogP contribution in [0.3, 0.4) is 0 Å². The molecule has 0 bridgehead atoms. The van der Waals surface area contributed by atoms with Gasteiger partial charge >= 0.3 is 6.03 Å². The van der Waals surface area contributed by atoms with Crippen LogP contribution in [0.15, 0.2) is 59.7 Å². The van der Waals surface area contributed by atoms with Gasteiger partial charge in [-0.2, -0.15) is 5.10 Å². The summed E-state index contributed by atoms with van der Waals surface area (Å²) in [6, 6.07) is 15.1. The normalized spacial score (nSPS) is 10.3. The van der Waals surface area contributed by atoms with E-state index >= 15 is 0 Å². The molecule has 2 rings (SSSR count). The first-order valence-electron chi connectivity index (χ1n) is 5.68. The van der Waals surface area contributed by atoms with Crippen LogP contribution in [0.2, 0.25) is 0 Å². The van der Waals surface area contributed by atoms with E-state index in [4.69, 9.17) is 5.11 Å². The Kier molecular flexibility index (Phi) is 4.12. The summed E-state index contributed by atoms with van der Waals surface area (Å²) in [5, 5.41) is 15.5. The molecule has 0 fully saturated rings. The van der Waals surface area contributed by atoms with E-state index in [1.165, 1.54) is 6.21 Å². The van der Waals surface area contributed by atoms with Gasteiger partial charge in [-0.3, -0.25) is 0 Å². The van der Waals surface area contributed by atoms with Crippen LogP contribution in [0.1, 0.15) is 5.56 Å². The number of nitrogens with zero attached hydrogens (tertiary/aromatic N) is 1. The van der Waals surface area contributed by atoms with Crippen molar-refractivity contribution in [3.8, 4) is 5.75 Å². The molecule has 5 heteroatoms. The number of aromatic hydroxyl groups is 1. The van der Waals surface area contributed by atoms with Gasteiger partial charge in [0.05, 0.1) is 6.21 Å². The Labute approximate surface area is 110 Å². The number of phenolic OH excluding ortho intramolecular Hbond substituents is 1. The molecule has 0 unspecified atom stereocenters. The maximum atomic E-state index is 11.5. The van der Waals surface area contributed by atoms with Gasteiger partial charge in [-0.25, -0.2) is 10.2 Å². The summed E-state index contributed by atoms with van der Waals surface area (Å²) in [5.74, 6) is 0.187. The van der Waals surface area contributed by atoms with E-state index in [1.807, 2.05) is 18.2 Å². The van der Waals surface area contributed by atoms with Crippen LogP contribution >= 0.6 is 0 Å².